The van der Waals surface area contributed by atoms with E-state index in [1.54, 1.807) is 6.07 Å². The molecule has 2 rings (SSSR count). The van der Waals surface area contributed by atoms with Gasteiger partial charge in [0.25, 0.3) is 0 Å². The Kier molecular flexibility index (Phi) is 4.79. The maximum Gasteiger partial charge on any atom is 0.142 e. The molecule has 1 aromatic carbocycles. The van der Waals surface area contributed by atoms with Crippen LogP contribution in [0.2, 0.25) is 5.02 Å². The molecule has 1 nitrogen and oxygen atoms in total. The van der Waals surface area contributed by atoms with E-state index in [1.807, 2.05) is 12.1 Å². The van der Waals surface area contributed by atoms with Gasteiger partial charge in [-0.1, -0.05) is 41.8 Å². The average Bonchev–Trinajstić information content (AvgIpc) is 2.36. The zero-order chi connectivity index (χ0) is 13.0. The normalized spacial score (nSPS) is 21.1. The number of nitrogens with one attached hydrogen (secondary N) is 1. The van der Waals surface area contributed by atoms with Crippen LogP contribution in [0, 0.1) is 5.82 Å². The van der Waals surface area contributed by atoms with Gasteiger partial charge in [-0.15, -0.1) is 0 Å². The number of rotatable bonds is 3. The predicted molar refractivity (Wildman–Crippen MR) is 75.3 cm³/mol. The molecule has 0 aromatic heterocycles. The van der Waals surface area contributed by atoms with E-state index < -0.39 is 0 Å². The Hall–Kier alpha value is -0.860. The highest BCUT2D eigenvalue weighted by molar-refractivity contribution is 6.32. The lowest BCUT2D eigenvalue weighted by atomic mass is 9.97. The van der Waals surface area contributed by atoms with Crippen LogP contribution >= 0.6 is 11.6 Å². The number of hydrogen-bond donors (Lipinski definition) is 1. The van der Waals surface area contributed by atoms with E-state index >= 15 is 0 Å². The molecule has 18 heavy (non-hydrogen) atoms. The lowest BCUT2D eigenvalue weighted by molar-refractivity contribution is 0.399. The van der Waals surface area contributed by atoms with Gasteiger partial charge in [0.15, 0.2) is 0 Å². The molecular weight excluding hydrogens is 249 g/mol. The third-order valence-electron chi connectivity index (χ3n) is 3.36. The molecule has 0 spiro atoms. The van der Waals surface area contributed by atoms with Crippen LogP contribution in [0.1, 0.15) is 38.2 Å². The van der Waals surface area contributed by atoms with Crippen molar-refractivity contribution in [3.05, 3.63) is 40.2 Å². The summed E-state index contributed by atoms with van der Waals surface area (Å²) in [4.78, 5) is 0. The van der Waals surface area contributed by atoms with Crippen LogP contribution in [0.4, 0.5) is 4.39 Å². The van der Waals surface area contributed by atoms with E-state index in [9.17, 15) is 4.39 Å². The highest BCUT2D eigenvalue weighted by Gasteiger charge is 2.13. The van der Waals surface area contributed by atoms with Crippen molar-refractivity contribution in [3.8, 4) is 0 Å². The molecule has 1 N–H and O–H groups in total. The van der Waals surface area contributed by atoms with Crippen LogP contribution in [-0.2, 0) is 0 Å². The van der Waals surface area contributed by atoms with E-state index in [0.717, 1.165) is 18.5 Å². The van der Waals surface area contributed by atoms with Crippen molar-refractivity contribution >= 4 is 17.7 Å². The van der Waals surface area contributed by atoms with Crippen LogP contribution < -0.4 is 5.32 Å². The first-order chi connectivity index (χ1) is 8.66. The van der Waals surface area contributed by atoms with E-state index in [0.29, 0.717) is 6.04 Å². The highest BCUT2D eigenvalue weighted by atomic mass is 35.5. The van der Waals surface area contributed by atoms with E-state index in [4.69, 9.17) is 11.6 Å². The van der Waals surface area contributed by atoms with Gasteiger partial charge in [0.1, 0.15) is 5.82 Å². The number of hydrogen-bond acceptors (Lipinski definition) is 1. The van der Waals surface area contributed by atoms with Gasteiger partial charge in [-0.25, -0.2) is 4.39 Å². The van der Waals surface area contributed by atoms with Gasteiger partial charge in [0, 0.05) is 6.04 Å². The molecule has 1 atom stereocenters. The van der Waals surface area contributed by atoms with Gasteiger partial charge < -0.3 is 5.32 Å². The van der Waals surface area contributed by atoms with E-state index in [2.05, 4.69) is 12.2 Å². The lowest BCUT2D eigenvalue weighted by Gasteiger charge is -2.23. The average molecular weight is 268 g/mol. The van der Waals surface area contributed by atoms with E-state index in [-0.39, 0.29) is 10.8 Å². The summed E-state index contributed by atoms with van der Waals surface area (Å²) < 4.78 is 13.3. The fraction of sp³-hybridized carbons (Fsp3) is 0.467. The molecule has 0 aliphatic carbocycles. The molecule has 1 fully saturated rings. The molecular formula is C15H19ClFN. The van der Waals surface area contributed by atoms with Gasteiger partial charge in [0.05, 0.1) is 5.02 Å². The fourth-order valence-corrected chi connectivity index (χ4v) is 2.62. The quantitative estimate of drug-likeness (QED) is 0.855. The van der Waals surface area contributed by atoms with Gasteiger partial charge in [0.2, 0.25) is 0 Å². The van der Waals surface area contributed by atoms with Crippen LogP contribution in [0.5, 0.6) is 0 Å². The lowest BCUT2D eigenvalue weighted by Crippen LogP contribution is -2.33. The first kappa shape index (κ1) is 13.6. The van der Waals surface area contributed by atoms with Crippen molar-refractivity contribution in [2.24, 2.45) is 0 Å². The molecule has 0 radical (unpaired) electrons. The van der Waals surface area contributed by atoms with Crippen molar-refractivity contribution in [3.63, 3.8) is 0 Å². The minimum atomic E-state index is -0.353. The Labute approximate surface area is 113 Å². The summed E-state index contributed by atoms with van der Waals surface area (Å²) in [5.74, 6) is -0.353. The molecule has 3 heteroatoms. The summed E-state index contributed by atoms with van der Waals surface area (Å²) in [6, 6.07) is 5.49. The molecule has 1 aliphatic heterocycles. The van der Waals surface area contributed by atoms with Crippen LogP contribution in [0.25, 0.3) is 6.08 Å². The zero-order valence-electron chi connectivity index (χ0n) is 10.7. The van der Waals surface area contributed by atoms with Gasteiger partial charge >= 0.3 is 0 Å². The Morgan fingerprint density at radius 3 is 3.06 bits per heavy atom. The number of halogens is 2. The van der Waals surface area contributed by atoms with Crippen molar-refractivity contribution in [1.29, 1.82) is 0 Å². The Balaban J connectivity index is 2.05. The summed E-state index contributed by atoms with van der Waals surface area (Å²) in [6.07, 6.45) is 6.79. The van der Waals surface area contributed by atoms with Crippen LogP contribution in [0.15, 0.2) is 23.8 Å². The number of piperidine rings is 1. The number of benzene rings is 1. The van der Waals surface area contributed by atoms with Crippen molar-refractivity contribution in [1.82, 2.24) is 5.32 Å². The molecule has 0 saturated carbocycles. The first-order valence-electron chi connectivity index (χ1n) is 6.51. The van der Waals surface area contributed by atoms with Crippen molar-refractivity contribution in [2.75, 3.05) is 6.54 Å². The fourth-order valence-electron chi connectivity index (χ4n) is 2.44. The molecule has 1 aliphatic rings. The second kappa shape index (κ2) is 6.35. The third-order valence-corrected chi connectivity index (χ3v) is 3.76. The molecule has 98 valence electrons. The molecule has 1 saturated heterocycles. The SMILES string of the molecule is C/C(=C/c1cccc(F)c1Cl)CC1CCCCN1. The van der Waals surface area contributed by atoms with Crippen LogP contribution in [0.3, 0.4) is 0 Å². The molecule has 1 heterocycles. The highest BCUT2D eigenvalue weighted by Crippen LogP contribution is 2.24. The van der Waals surface area contributed by atoms with E-state index in [1.165, 1.54) is 30.9 Å². The monoisotopic (exact) mass is 267 g/mol. The topological polar surface area (TPSA) is 12.0 Å². The third kappa shape index (κ3) is 3.56. The predicted octanol–water partition coefficient (Wildman–Crippen LogP) is 4.41. The maximum absolute atomic E-state index is 13.3. The molecule has 1 aromatic rings. The molecule has 0 bridgehead atoms. The smallest absolute Gasteiger partial charge is 0.142 e. The summed E-state index contributed by atoms with van der Waals surface area (Å²) in [5.41, 5.74) is 2.01. The Morgan fingerprint density at radius 2 is 2.33 bits per heavy atom. The molecule has 1 unspecified atom stereocenters. The van der Waals surface area contributed by atoms with Gasteiger partial charge in [-0.05, 0) is 44.4 Å². The second-order valence-corrected chi connectivity index (χ2v) is 5.36. The maximum atomic E-state index is 13.3. The van der Waals surface area contributed by atoms with Crippen molar-refractivity contribution < 1.29 is 4.39 Å². The molecule has 0 amide bonds. The second-order valence-electron chi connectivity index (χ2n) is 4.98. The summed E-state index contributed by atoms with van der Waals surface area (Å²) in [6.45, 7) is 3.19. The largest absolute Gasteiger partial charge is 0.314 e. The zero-order valence-corrected chi connectivity index (χ0v) is 11.4. The summed E-state index contributed by atoms with van der Waals surface area (Å²) in [5, 5.41) is 3.73. The Morgan fingerprint density at radius 1 is 1.50 bits per heavy atom. The summed E-state index contributed by atoms with van der Waals surface area (Å²) >= 11 is 5.94. The Bertz CT molecular complexity index is 436. The standard InChI is InChI=1S/C15H19ClFN/c1-11(10-13-6-2-3-8-18-13)9-12-5-4-7-14(17)15(12)16/h4-5,7,9,13,18H,2-3,6,8,10H2,1H3/b11-9-. The van der Waals surface area contributed by atoms with Gasteiger partial charge in [-0.3, -0.25) is 0 Å². The minimum absolute atomic E-state index is 0.216. The van der Waals surface area contributed by atoms with Crippen molar-refractivity contribution in [2.45, 2.75) is 38.6 Å². The first-order valence-corrected chi connectivity index (χ1v) is 6.89. The van der Waals surface area contributed by atoms with Crippen LogP contribution in [-0.4, -0.2) is 12.6 Å². The minimum Gasteiger partial charge on any atom is -0.314 e. The summed E-state index contributed by atoms with van der Waals surface area (Å²) in [7, 11) is 0. The van der Waals surface area contributed by atoms with Gasteiger partial charge in [-0.2, -0.15) is 0 Å².